The quantitative estimate of drug-likeness (QED) is 0.128. The molecule has 0 bridgehead atoms. The Bertz CT molecular complexity index is 3600. The van der Waals surface area contributed by atoms with Crippen molar-refractivity contribution in [3.05, 3.63) is 217 Å². The molecular formula is C62H48N2. The molecule has 12 rings (SSSR count). The number of aromatic nitrogens is 2. The van der Waals surface area contributed by atoms with E-state index in [2.05, 4.69) is 229 Å². The van der Waals surface area contributed by atoms with E-state index in [0.29, 0.717) is 0 Å². The third-order valence-corrected chi connectivity index (χ3v) is 13.5. The molecule has 0 radical (unpaired) electrons. The van der Waals surface area contributed by atoms with Gasteiger partial charge in [0.05, 0.1) is 22.1 Å². The highest BCUT2D eigenvalue weighted by atomic mass is 15.0. The Labute approximate surface area is 374 Å². The summed E-state index contributed by atoms with van der Waals surface area (Å²) in [6.45, 7) is 4.52. The van der Waals surface area contributed by atoms with E-state index in [1.165, 1.54) is 115 Å². The fourth-order valence-corrected chi connectivity index (χ4v) is 10.7. The van der Waals surface area contributed by atoms with Gasteiger partial charge in [0.1, 0.15) is 0 Å². The first kappa shape index (κ1) is 38.0. The van der Waals surface area contributed by atoms with Gasteiger partial charge in [-0.05, 0) is 146 Å². The molecule has 0 aliphatic rings. The Morgan fingerprint density at radius 3 is 1.16 bits per heavy atom. The van der Waals surface area contributed by atoms with E-state index >= 15 is 0 Å². The van der Waals surface area contributed by atoms with Crippen LogP contribution >= 0.6 is 0 Å². The summed E-state index contributed by atoms with van der Waals surface area (Å²) in [6.07, 6.45) is 4.49. The van der Waals surface area contributed by atoms with Crippen LogP contribution in [0.5, 0.6) is 0 Å². The Balaban J connectivity index is 0.933. The van der Waals surface area contributed by atoms with Crippen LogP contribution in [0.1, 0.15) is 37.8 Å². The fraction of sp³-hybridized carbons (Fsp3) is 0.0968. The van der Waals surface area contributed by atoms with E-state index in [-0.39, 0.29) is 0 Å². The van der Waals surface area contributed by atoms with Gasteiger partial charge in [-0.2, -0.15) is 0 Å². The van der Waals surface area contributed by atoms with Crippen LogP contribution in [-0.2, 0) is 12.8 Å². The smallest absolute Gasteiger partial charge is 0.0541 e. The first-order chi connectivity index (χ1) is 31.7. The zero-order valence-electron chi connectivity index (χ0n) is 36.4. The van der Waals surface area contributed by atoms with Gasteiger partial charge in [0.15, 0.2) is 0 Å². The van der Waals surface area contributed by atoms with Gasteiger partial charge in [0, 0.05) is 32.9 Å². The molecule has 64 heavy (non-hydrogen) atoms. The molecule has 0 spiro atoms. The normalized spacial score (nSPS) is 11.8. The van der Waals surface area contributed by atoms with Crippen molar-refractivity contribution >= 4 is 65.2 Å². The zero-order valence-corrected chi connectivity index (χ0v) is 36.4. The van der Waals surface area contributed by atoms with Crippen LogP contribution in [0.4, 0.5) is 0 Å². The van der Waals surface area contributed by atoms with Gasteiger partial charge in [0.25, 0.3) is 0 Å². The highest BCUT2D eigenvalue weighted by Crippen LogP contribution is 2.44. The molecule has 0 N–H and O–H groups in total. The molecule has 2 nitrogen and oxygen atoms in total. The van der Waals surface area contributed by atoms with Crippen LogP contribution in [0.25, 0.3) is 110 Å². The Kier molecular flexibility index (Phi) is 9.26. The number of rotatable bonds is 9. The minimum absolute atomic E-state index is 1.10. The van der Waals surface area contributed by atoms with Crippen molar-refractivity contribution in [3.63, 3.8) is 0 Å². The van der Waals surface area contributed by atoms with E-state index in [9.17, 15) is 0 Å². The molecule has 10 aromatic carbocycles. The maximum Gasteiger partial charge on any atom is 0.0541 e. The molecule has 0 saturated carbocycles. The van der Waals surface area contributed by atoms with Gasteiger partial charge < -0.3 is 9.13 Å². The lowest BCUT2D eigenvalue weighted by molar-refractivity contribution is 0.923. The Hall–Kier alpha value is -7.68. The van der Waals surface area contributed by atoms with Crippen molar-refractivity contribution in [3.8, 4) is 44.8 Å². The number of hydrogen-bond donors (Lipinski definition) is 0. The summed E-state index contributed by atoms with van der Waals surface area (Å²) in [5.74, 6) is 0. The molecule has 0 saturated heterocycles. The SMILES string of the molecule is CCCc1ccc2c(c1)c1cc(CCC)ccc1n2-c1ccc(-c2ccc3c(c2)c2ccccc2n3-c2ccc(-c3c4ccccc4c(-c4ccccc4)c4ccccc34)cc2)cc1. The van der Waals surface area contributed by atoms with E-state index in [1.54, 1.807) is 0 Å². The lowest BCUT2D eigenvalue weighted by Gasteiger charge is -2.18. The monoisotopic (exact) mass is 820 g/mol. The summed E-state index contributed by atoms with van der Waals surface area (Å²) < 4.78 is 4.88. The lowest BCUT2D eigenvalue weighted by atomic mass is 9.86. The van der Waals surface area contributed by atoms with E-state index in [0.717, 1.165) is 31.4 Å². The second-order valence-corrected chi connectivity index (χ2v) is 17.4. The molecular weight excluding hydrogens is 773 g/mol. The van der Waals surface area contributed by atoms with Crippen LogP contribution in [0.2, 0.25) is 0 Å². The van der Waals surface area contributed by atoms with E-state index in [1.807, 2.05) is 0 Å². The van der Waals surface area contributed by atoms with Gasteiger partial charge in [0.2, 0.25) is 0 Å². The maximum absolute atomic E-state index is 2.45. The van der Waals surface area contributed by atoms with Crippen molar-refractivity contribution in [2.24, 2.45) is 0 Å². The molecule has 0 fully saturated rings. The summed E-state index contributed by atoms with van der Waals surface area (Å²) in [6, 6.07) is 77.0. The molecule has 2 aromatic heterocycles. The molecule has 0 aliphatic heterocycles. The molecule has 2 heteroatoms. The molecule has 306 valence electrons. The van der Waals surface area contributed by atoms with Crippen LogP contribution in [0, 0.1) is 0 Å². The topological polar surface area (TPSA) is 9.86 Å². The maximum atomic E-state index is 2.45. The van der Waals surface area contributed by atoms with Gasteiger partial charge in [-0.1, -0.05) is 166 Å². The summed E-state index contributed by atoms with van der Waals surface area (Å²) >= 11 is 0. The van der Waals surface area contributed by atoms with Crippen molar-refractivity contribution in [2.75, 3.05) is 0 Å². The summed E-state index contributed by atoms with van der Waals surface area (Å²) in [5.41, 5.74) is 17.5. The van der Waals surface area contributed by atoms with Gasteiger partial charge in [-0.3, -0.25) is 0 Å². The molecule has 2 heterocycles. The van der Waals surface area contributed by atoms with Crippen molar-refractivity contribution in [2.45, 2.75) is 39.5 Å². The van der Waals surface area contributed by atoms with Crippen LogP contribution in [-0.4, -0.2) is 9.13 Å². The highest BCUT2D eigenvalue weighted by Gasteiger charge is 2.19. The number of aryl methyl sites for hydroxylation is 2. The van der Waals surface area contributed by atoms with Crippen molar-refractivity contribution < 1.29 is 0 Å². The number of benzene rings is 10. The number of nitrogens with zero attached hydrogens (tertiary/aromatic N) is 2. The van der Waals surface area contributed by atoms with E-state index < -0.39 is 0 Å². The molecule has 0 aliphatic carbocycles. The van der Waals surface area contributed by atoms with Gasteiger partial charge >= 0.3 is 0 Å². The average molecular weight is 821 g/mol. The number of fused-ring (bicyclic) bond motifs is 8. The minimum Gasteiger partial charge on any atom is -0.309 e. The van der Waals surface area contributed by atoms with Crippen molar-refractivity contribution in [1.29, 1.82) is 0 Å². The zero-order chi connectivity index (χ0) is 42.7. The van der Waals surface area contributed by atoms with Gasteiger partial charge in [-0.15, -0.1) is 0 Å². The first-order valence-electron chi connectivity index (χ1n) is 23.0. The number of para-hydroxylation sites is 1. The predicted molar refractivity (Wildman–Crippen MR) is 274 cm³/mol. The summed E-state index contributed by atoms with van der Waals surface area (Å²) in [5, 5.41) is 10.3. The molecule has 0 atom stereocenters. The average Bonchev–Trinajstić information content (AvgIpc) is 3.85. The van der Waals surface area contributed by atoms with Crippen molar-refractivity contribution in [1.82, 2.24) is 9.13 Å². The van der Waals surface area contributed by atoms with Crippen LogP contribution < -0.4 is 0 Å². The number of hydrogen-bond acceptors (Lipinski definition) is 0. The lowest BCUT2D eigenvalue weighted by Crippen LogP contribution is -1.95. The minimum atomic E-state index is 1.10. The Morgan fingerprint density at radius 2 is 0.656 bits per heavy atom. The molecule has 12 aromatic rings. The van der Waals surface area contributed by atoms with Crippen LogP contribution in [0.15, 0.2) is 206 Å². The summed E-state index contributed by atoms with van der Waals surface area (Å²) in [7, 11) is 0. The Morgan fingerprint density at radius 1 is 0.281 bits per heavy atom. The second kappa shape index (κ2) is 15.6. The summed E-state index contributed by atoms with van der Waals surface area (Å²) in [4.78, 5) is 0. The molecule has 0 unspecified atom stereocenters. The third kappa shape index (κ3) is 6.16. The van der Waals surface area contributed by atoms with E-state index in [4.69, 9.17) is 0 Å². The third-order valence-electron chi connectivity index (χ3n) is 13.5. The second-order valence-electron chi connectivity index (χ2n) is 17.4. The predicted octanol–water partition coefficient (Wildman–Crippen LogP) is 17.1. The fourth-order valence-electron chi connectivity index (χ4n) is 10.7. The van der Waals surface area contributed by atoms with Crippen LogP contribution in [0.3, 0.4) is 0 Å². The first-order valence-corrected chi connectivity index (χ1v) is 23.0. The highest BCUT2D eigenvalue weighted by molar-refractivity contribution is 6.21. The molecule has 0 amide bonds. The largest absolute Gasteiger partial charge is 0.309 e. The standard InChI is InChI=1S/C62H48N2/c1-3-14-41-24-35-58-54(38-41)55-39-42(15-4-2)25-36-59(55)64(58)47-31-26-43(27-32-47)46-30-37-60-56(40-46)49-18-12-13-23-57(49)63(60)48-33-28-45(29-34-48)62-52-21-10-8-19-50(52)61(44-16-6-5-7-17-44)51-20-9-11-22-53(51)62/h5-13,16-40H,3-4,14-15H2,1-2H3. The van der Waals surface area contributed by atoms with Gasteiger partial charge in [-0.25, -0.2) is 0 Å².